The topological polar surface area (TPSA) is 87.5 Å². The van der Waals surface area contributed by atoms with Crippen molar-refractivity contribution in [3.8, 4) is 5.88 Å². The molecule has 0 saturated heterocycles. The van der Waals surface area contributed by atoms with Crippen LogP contribution in [0.3, 0.4) is 0 Å². The van der Waals surface area contributed by atoms with E-state index >= 15 is 0 Å². The van der Waals surface area contributed by atoms with Gasteiger partial charge < -0.3 is 20.3 Å². The van der Waals surface area contributed by atoms with Crippen molar-refractivity contribution >= 4 is 11.7 Å². The molecule has 2 unspecified atom stereocenters. The first-order valence-corrected chi connectivity index (χ1v) is 6.42. The Morgan fingerprint density at radius 2 is 2.41 bits per heavy atom. The van der Waals surface area contributed by atoms with Crippen LogP contribution in [0, 0.1) is 0 Å². The summed E-state index contributed by atoms with van der Waals surface area (Å²) in [5, 5.41) is 21.7. The molecule has 0 aliphatic heterocycles. The summed E-state index contributed by atoms with van der Waals surface area (Å²) in [6.45, 7) is 2.82. The van der Waals surface area contributed by atoms with Crippen LogP contribution in [0.2, 0.25) is 0 Å². The highest BCUT2D eigenvalue weighted by Crippen LogP contribution is 2.05. The molecular formula is C10H19N3O3S. The Hall–Kier alpha value is -0.760. The zero-order valence-electron chi connectivity index (χ0n) is 9.87. The normalized spacial score (nSPS) is 14.5. The lowest BCUT2D eigenvalue weighted by molar-refractivity contribution is 0.0999. The molecular weight excluding hydrogens is 242 g/mol. The van der Waals surface area contributed by atoms with Crippen molar-refractivity contribution < 1.29 is 14.9 Å². The maximum atomic E-state index is 9.67. The summed E-state index contributed by atoms with van der Waals surface area (Å²) in [5.74, 6) is 0.441. The maximum Gasteiger partial charge on any atom is 0.245 e. The smallest absolute Gasteiger partial charge is 0.245 e. The summed E-state index contributed by atoms with van der Waals surface area (Å²) in [6, 6.07) is 0.232. The van der Waals surface area contributed by atoms with Crippen LogP contribution < -0.4 is 10.1 Å². The number of nitrogens with zero attached hydrogens (tertiary/aromatic N) is 2. The molecule has 0 bridgehead atoms. The Morgan fingerprint density at radius 3 is 3.00 bits per heavy atom. The summed E-state index contributed by atoms with van der Waals surface area (Å²) in [4.78, 5) is 0. The quantitative estimate of drug-likeness (QED) is 0.581. The Balaban J connectivity index is 2.13. The molecule has 0 radical (unpaired) electrons. The molecule has 7 heteroatoms. The van der Waals surface area contributed by atoms with Gasteiger partial charge in [0.05, 0.1) is 11.7 Å². The average molecular weight is 261 g/mol. The van der Waals surface area contributed by atoms with Gasteiger partial charge in [-0.15, -0.1) is 4.37 Å². The van der Waals surface area contributed by atoms with Crippen LogP contribution >= 0.6 is 11.7 Å². The first-order valence-electron chi connectivity index (χ1n) is 5.69. The molecule has 1 aromatic heterocycles. The zero-order chi connectivity index (χ0) is 12.5. The lowest BCUT2D eigenvalue weighted by atomic mass is 10.1. The fraction of sp³-hybridized carbons (Fsp3) is 0.800. The number of hydrogen-bond acceptors (Lipinski definition) is 7. The van der Waals surface area contributed by atoms with Gasteiger partial charge in [0.2, 0.25) is 5.88 Å². The minimum absolute atomic E-state index is 0.155. The first kappa shape index (κ1) is 14.3. The number of aliphatic hydroxyl groups is 2. The molecule has 0 fully saturated rings. The molecule has 98 valence electrons. The van der Waals surface area contributed by atoms with Crippen molar-refractivity contribution in [3.63, 3.8) is 0 Å². The number of aliphatic hydroxyl groups excluding tert-OH is 2. The molecule has 0 saturated carbocycles. The third-order valence-corrected chi connectivity index (χ3v) is 2.84. The van der Waals surface area contributed by atoms with Crippen molar-refractivity contribution in [2.45, 2.75) is 31.9 Å². The van der Waals surface area contributed by atoms with Gasteiger partial charge in [0.1, 0.15) is 18.9 Å². The van der Waals surface area contributed by atoms with Gasteiger partial charge in [0.25, 0.3) is 0 Å². The average Bonchev–Trinajstić information content (AvgIpc) is 2.85. The standard InChI is InChI=1S/C10H19N3O3S/c1-2-8(3-4-14)11-5-9(15)7-16-10-6-12-17-13-10/h6,8-9,11,14-15H,2-5,7H2,1H3. The highest BCUT2D eigenvalue weighted by atomic mass is 32.1. The van der Waals surface area contributed by atoms with E-state index in [0.29, 0.717) is 18.8 Å². The lowest BCUT2D eigenvalue weighted by Crippen LogP contribution is -2.38. The fourth-order valence-corrected chi connectivity index (χ4v) is 1.73. The van der Waals surface area contributed by atoms with Gasteiger partial charge in [-0.05, 0) is 12.8 Å². The van der Waals surface area contributed by atoms with Crippen molar-refractivity contribution in [3.05, 3.63) is 6.20 Å². The number of aromatic nitrogens is 2. The number of ether oxygens (including phenoxy) is 1. The van der Waals surface area contributed by atoms with Crippen LogP contribution in [0.1, 0.15) is 19.8 Å². The minimum Gasteiger partial charge on any atom is -0.473 e. The van der Waals surface area contributed by atoms with Gasteiger partial charge in [0, 0.05) is 19.2 Å². The monoisotopic (exact) mass is 261 g/mol. The van der Waals surface area contributed by atoms with Crippen LogP contribution in [0.25, 0.3) is 0 Å². The molecule has 2 atom stereocenters. The second-order valence-electron chi connectivity index (χ2n) is 3.74. The van der Waals surface area contributed by atoms with Gasteiger partial charge >= 0.3 is 0 Å². The Kier molecular flexibility index (Phi) is 7.02. The van der Waals surface area contributed by atoms with E-state index in [4.69, 9.17) is 9.84 Å². The van der Waals surface area contributed by atoms with Gasteiger partial charge in [-0.25, -0.2) is 0 Å². The number of nitrogens with one attached hydrogen (secondary N) is 1. The van der Waals surface area contributed by atoms with Crippen molar-refractivity contribution in [1.29, 1.82) is 0 Å². The molecule has 0 aromatic carbocycles. The summed E-state index contributed by atoms with van der Waals surface area (Å²) in [7, 11) is 0. The number of rotatable bonds is 9. The van der Waals surface area contributed by atoms with Gasteiger partial charge in [0.15, 0.2) is 0 Å². The van der Waals surface area contributed by atoms with Crippen molar-refractivity contribution in [2.75, 3.05) is 19.8 Å². The predicted molar refractivity (Wildman–Crippen MR) is 65.2 cm³/mol. The van der Waals surface area contributed by atoms with E-state index in [1.54, 1.807) is 0 Å². The van der Waals surface area contributed by atoms with Crippen LogP contribution in [0.4, 0.5) is 0 Å². The SMILES string of the molecule is CCC(CCO)NCC(O)COc1cnsn1. The molecule has 1 heterocycles. The summed E-state index contributed by atoms with van der Waals surface area (Å²) in [6.07, 6.45) is 2.54. The van der Waals surface area contributed by atoms with E-state index < -0.39 is 6.10 Å². The minimum atomic E-state index is -0.593. The van der Waals surface area contributed by atoms with E-state index in [1.165, 1.54) is 6.20 Å². The second-order valence-corrected chi connectivity index (χ2v) is 4.29. The van der Waals surface area contributed by atoms with E-state index in [2.05, 4.69) is 14.1 Å². The highest BCUT2D eigenvalue weighted by molar-refractivity contribution is 6.99. The molecule has 17 heavy (non-hydrogen) atoms. The van der Waals surface area contributed by atoms with Gasteiger partial charge in [-0.1, -0.05) is 6.92 Å². The lowest BCUT2D eigenvalue weighted by Gasteiger charge is -2.18. The van der Waals surface area contributed by atoms with Crippen LogP contribution in [-0.4, -0.2) is 50.9 Å². The van der Waals surface area contributed by atoms with Crippen LogP contribution in [0.15, 0.2) is 6.20 Å². The molecule has 1 rings (SSSR count). The highest BCUT2D eigenvalue weighted by Gasteiger charge is 2.10. The fourth-order valence-electron chi connectivity index (χ4n) is 1.37. The van der Waals surface area contributed by atoms with Crippen LogP contribution in [0.5, 0.6) is 5.88 Å². The van der Waals surface area contributed by atoms with Crippen molar-refractivity contribution in [1.82, 2.24) is 14.1 Å². The van der Waals surface area contributed by atoms with E-state index in [1.807, 2.05) is 6.92 Å². The molecule has 3 N–H and O–H groups in total. The van der Waals surface area contributed by atoms with Gasteiger partial charge in [-0.3, -0.25) is 0 Å². The molecule has 0 spiro atoms. The summed E-state index contributed by atoms with van der Waals surface area (Å²) < 4.78 is 12.9. The second kappa shape index (κ2) is 8.35. The third kappa shape index (κ3) is 5.92. The predicted octanol–water partition coefficient (Wildman–Crippen LogP) is 0.0284. The molecule has 6 nitrogen and oxygen atoms in total. The number of hydrogen-bond donors (Lipinski definition) is 3. The van der Waals surface area contributed by atoms with E-state index in [0.717, 1.165) is 18.1 Å². The van der Waals surface area contributed by atoms with Crippen LogP contribution in [-0.2, 0) is 0 Å². The summed E-state index contributed by atoms with van der Waals surface area (Å²) in [5.41, 5.74) is 0. The first-order chi connectivity index (χ1) is 8.26. The third-order valence-electron chi connectivity index (χ3n) is 2.38. The zero-order valence-corrected chi connectivity index (χ0v) is 10.7. The van der Waals surface area contributed by atoms with E-state index in [-0.39, 0.29) is 19.3 Å². The summed E-state index contributed by atoms with van der Waals surface area (Å²) >= 11 is 1.07. The Bertz CT molecular complexity index is 284. The van der Waals surface area contributed by atoms with Crippen molar-refractivity contribution in [2.24, 2.45) is 0 Å². The van der Waals surface area contributed by atoms with E-state index in [9.17, 15) is 5.11 Å². The maximum absolute atomic E-state index is 9.67. The molecule has 0 aliphatic rings. The van der Waals surface area contributed by atoms with Gasteiger partial charge in [-0.2, -0.15) is 4.37 Å². The molecule has 0 amide bonds. The molecule has 0 aliphatic carbocycles. The Labute approximate surface area is 105 Å². The Morgan fingerprint density at radius 1 is 1.59 bits per heavy atom. The largest absolute Gasteiger partial charge is 0.473 e. The molecule has 1 aromatic rings.